The van der Waals surface area contributed by atoms with Crippen molar-refractivity contribution in [3.63, 3.8) is 0 Å². The summed E-state index contributed by atoms with van der Waals surface area (Å²) in [4.78, 5) is 0. The highest BCUT2D eigenvalue weighted by molar-refractivity contribution is 5.24. The monoisotopic (exact) mass is 220 g/mol. The molecule has 1 nitrogen and oxygen atoms in total. The number of fused-ring (bicyclic) bond motifs is 3. The van der Waals surface area contributed by atoms with E-state index in [0.717, 1.165) is 17.8 Å². The minimum atomic E-state index is 0.263. The van der Waals surface area contributed by atoms with Crippen LogP contribution in [-0.2, 0) is 4.74 Å². The van der Waals surface area contributed by atoms with Crippen molar-refractivity contribution >= 4 is 0 Å². The second-order valence-electron chi connectivity index (χ2n) is 7.84. The molecule has 0 radical (unpaired) electrons. The fourth-order valence-electron chi connectivity index (χ4n) is 6.21. The highest BCUT2D eigenvalue weighted by atomic mass is 16.6. The first-order valence-electron chi connectivity index (χ1n) is 7.09. The molecule has 1 unspecified atom stereocenters. The van der Waals surface area contributed by atoms with Gasteiger partial charge in [0.1, 0.15) is 0 Å². The van der Waals surface area contributed by atoms with Gasteiger partial charge in [-0.3, -0.25) is 0 Å². The molecule has 2 bridgehead atoms. The number of rotatable bonds is 0. The van der Waals surface area contributed by atoms with Crippen molar-refractivity contribution < 1.29 is 4.74 Å². The zero-order chi connectivity index (χ0) is 11.3. The van der Waals surface area contributed by atoms with Crippen LogP contribution >= 0.6 is 0 Å². The summed E-state index contributed by atoms with van der Waals surface area (Å²) < 4.78 is 6.09. The van der Waals surface area contributed by atoms with Crippen LogP contribution in [0.15, 0.2) is 0 Å². The van der Waals surface area contributed by atoms with Gasteiger partial charge in [-0.2, -0.15) is 0 Å². The van der Waals surface area contributed by atoms with E-state index in [1.807, 2.05) is 0 Å². The van der Waals surface area contributed by atoms with E-state index in [4.69, 9.17) is 4.74 Å². The van der Waals surface area contributed by atoms with Gasteiger partial charge < -0.3 is 4.74 Å². The van der Waals surface area contributed by atoms with Crippen molar-refractivity contribution in [2.45, 2.75) is 65.1 Å². The Morgan fingerprint density at radius 3 is 2.50 bits per heavy atom. The molecular formula is C15H24O. The first-order valence-corrected chi connectivity index (χ1v) is 7.09. The van der Waals surface area contributed by atoms with Crippen LogP contribution in [0.25, 0.3) is 0 Å². The van der Waals surface area contributed by atoms with Crippen LogP contribution in [0, 0.1) is 28.6 Å². The Hall–Kier alpha value is -0.0400. The first kappa shape index (κ1) is 9.94. The van der Waals surface area contributed by atoms with Gasteiger partial charge in [-0.25, -0.2) is 0 Å². The molecule has 3 aliphatic carbocycles. The van der Waals surface area contributed by atoms with E-state index in [0.29, 0.717) is 16.9 Å². The first-order chi connectivity index (χ1) is 7.41. The van der Waals surface area contributed by atoms with Gasteiger partial charge in [0.15, 0.2) is 0 Å². The molecule has 0 aromatic rings. The van der Waals surface area contributed by atoms with E-state index in [2.05, 4.69) is 27.7 Å². The summed E-state index contributed by atoms with van der Waals surface area (Å²) in [5, 5.41) is 0. The van der Waals surface area contributed by atoms with E-state index < -0.39 is 0 Å². The predicted molar refractivity (Wildman–Crippen MR) is 64.1 cm³/mol. The molecule has 1 heterocycles. The Morgan fingerprint density at radius 1 is 1.00 bits per heavy atom. The lowest BCUT2D eigenvalue weighted by Gasteiger charge is -2.37. The molecular weight excluding hydrogens is 196 g/mol. The average Bonchev–Trinajstić information content (AvgIpc) is 2.67. The number of hydrogen-bond donors (Lipinski definition) is 0. The second kappa shape index (κ2) is 2.39. The maximum atomic E-state index is 6.09. The van der Waals surface area contributed by atoms with Crippen molar-refractivity contribution in [1.29, 1.82) is 0 Å². The molecule has 1 saturated heterocycles. The van der Waals surface area contributed by atoms with Crippen molar-refractivity contribution in [2.24, 2.45) is 28.6 Å². The van der Waals surface area contributed by atoms with Gasteiger partial charge in [-0.15, -0.1) is 0 Å². The lowest BCUT2D eigenvalue weighted by atomic mass is 9.66. The van der Waals surface area contributed by atoms with Gasteiger partial charge in [0, 0.05) is 0 Å². The third-order valence-corrected chi connectivity index (χ3v) is 7.18. The van der Waals surface area contributed by atoms with Gasteiger partial charge in [-0.1, -0.05) is 20.8 Å². The van der Waals surface area contributed by atoms with Crippen LogP contribution in [0.4, 0.5) is 0 Å². The predicted octanol–water partition coefficient (Wildman–Crippen LogP) is 3.63. The molecule has 4 rings (SSSR count). The fraction of sp³-hybridized carbons (Fsp3) is 1.00. The standard InChI is InChI=1S/C15H24O/c1-9-5-6-10-13(2,3)11-7-15(9,10)8-12-14(11,4)16-12/h9-12H,5-8H2,1-4H3/t9-,10+,11+,12?,14-,15+/m1/s1. The largest absolute Gasteiger partial charge is 0.366 e. The molecule has 4 aliphatic rings. The number of epoxide rings is 1. The van der Waals surface area contributed by atoms with Crippen molar-refractivity contribution in [3.05, 3.63) is 0 Å². The molecule has 4 fully saturated rings. The molecule has 1 aliphatic heterocycles. The Bertz CT molecular complexity index is 356. The van der Waals surface area contributed by atoms with Crippen LogP contribution in [0.5, 0.6) is 0 Å². The number of hydrogen-bond acceptors (Lipinski definition) is 1. The molecule has 0 aromatic carbocycles. The van der Waals surface area contributed by atoms with Crippen molar-refractivity contribution in [1.82, 2.24) is 0 Å². The molecule has 1 spiro atoms. The van der Waals surface area contributed by atoms with Gasteiger partial charge >= 0.3 is 0 Å². The zero-order valence-electron chi connectivity index (χ0n) is 11.0. The van der Waals surface area contributed by atoms with Crippen LogP contribution in [0.3, 0.4) is 0 Å². The van der Waals surface area contributed by atoms with Gasteiger partial charge in [0.05, 0.1) is 11.7 Å². The summed E-state index contributed by atoms with van der Waals surface area (Å²) in [7, 11) is 0. The summed E-state index contributed by atoms with van der Waals surface area (Å²) in [6.45, 7) is 9.93. The van der Waals surface area contributed by atoms with E-state index in [1.54, 1.807) is 0 Å². The van der Waals surface area contributed by atoms with Gasteiger partial charge in [0.25, 0.3) is 0 Å². The Balaban J connectivity index is 1.85. The van der Waals surface area contributed by atoms with Gasteiger partial charge in [-0.05, 0) is 61.2 Å². The molecule has 3 saturated carbocycles. The highest BCUT2D eigenvalue weighted by Crippen LogP contribution is 2.77. The molecule has 0 aromatic heterocycles. The van der Waals surface area contributed by atoms with Crippen molar-refractivity contribution in [2.75, 3.05) is 0 Å². The van der Waals surface area contributed by atoms with Crippen LogP contribution in [0.2, 0.25) is 0 Å². The Labute approximate surface area is 98.9 Å². The highest BCUT2D eigenvalue weighted by Gasteiger charge is 2.76. The minimum absolute atomic E-state index is 0.263. The van der Waals surface area contributed by atoms with Crippen LogP contribution in [-0.4, -0.2) is 11.7 Å². The third kappa shape index (κ3) is 0.805. The average molecular weight is 220 g/mol. The lowest BCUT2D eigenvalue weighted by Crippen LogP contribution is -2.36. The maximum absolute atomic E-state index is 6.09. The number of ether oxygens (including phenoxy) is 1. The second-order valence-corrected chi connectivity index (χ2v) is 7.84. The molecule has 6 atom stereocenters. The Morgan fingerprint density at radius 2 is 1.75 bits per heavy atom. The summed E-state index contributed by atoms with van der Waals surface area (Å²) in [6, 6.07) is 0. The van der Waals surface area contributed by atoms with Gasteiger partial charge in [0.2, 0.25) is 0 Å². The summed E-state index contributed by atoms with van der Waals surface area (Å²) >= 11 is 0. The smallest absolute Gasteiger partial charge is 0.0954 e. The SMILES string of the molecule is C[C@@H]1CC[C@H]2C(C)(C)[C@@H]3C[C@]12CC1O[C@@]13C. The molecule has 0 amide bonds. The normalized spacial score (nSPS) is 65.2. The molecule has 0 N–H and O–H groups in total. The lowest BCUT2D eigenvalue weighted by molar-refractivity contribution is 0.0866. The van der Waals surface area contributed by atoms with Crippen molar-refractivity contribution in [3.8, 4) is 0 Å². The summed E-state index contributed by atoms with van der Waals surface area (Å²) in [6.07, 6.45) is 6.38. The quantitative estimate of drug-likeness (QED) is 0.568. The van der Waals surface area contributed by atoms with Crippen LogP contribution in [0.1, 0.15) is 53.4 Å². The topological polar surface area (TPSA) is 12.5 Å². The third-order valence-electron chi connectivity index (χ3n) is 7.18. The summed E-state index contributed by atoms with van der Waals surface area (Å²) in [5.41, 5.74) is 1.44. The summed E-state index contributed by atoms with van der Waals surface area (Å²) in [5.74, 6) is 2.75. The molecule has 90 valence electrons. The van der Waals surface area contributed by atoms with E-state index in [1.165, 1.54) is 25.7 Å². The van der Waals surface area contributed by atoms with E-state index in [9.17, 15) is 0 Å². The minimum Gasteiger partial charge on any atom is -0.366 e. The molecule has 1 heteroatoms. The zero-order valence-corrected chi connectivity index (χ0v) is 11.0. The molecule has 16 heavy (non-hydrogen) atoms. The maximum Gasteiger partial charge on any atom is 0.0954 e. The fourth-order valence-corrected chi connectivity index (χ4v) is 6.21. The Kier molecular flexibility index (Phi) is 1.48. The van der Waals surface area contributed by atoms with E-state index >= 15 is 0 Å². The van der Waals surface area contributed by atoms with E-state index in [-0.39, 0.29) is 5.60 Å². The van der Waals surface area contributed by atoms with Crippen LogP contribution < -0.4 is 0 Å².